The van der Waals surface area contributed by atoms with Crippen molar-refractivity contribution in [3.8, 4) is 11.5 Å². The number of carbonyl (C=O) groups is 2. The Labute approximate surface area is 112 Å². The van der Waals surface area contributed by atoms with Crippen molar-refractivity contribution in [1.82, 2.24) is 0 Å². The van der Waals surface area contributed by atoms with E-state index in [1.807, 2.05) is 22.6 Å². The molecule has 6 heteroatoms. The molecule has 17 heavy (non-hydrogen) atoms. The van der Waals surface area contributed by atoms with Crippen molar-refractivity contribution < 1.29 is 19.1 Å². The summed E-state index contributed by atoms with van der Waals surface area (Å²) in [5, 5.41) is 2.69. The highest BCUT2D eigenvalue weighted by molar-refractivity contribution is 14.1. The van der Waals surface area contributed by atoms with Crippen molar-refractivity contribution in [2.45, 2.75) is 20.0 Å². The van der Waals surface area contributed by atoms with Crippen LogP contribution in [0.25, 0.3) is 0 Å². The Balaban J connectivity index is 2.39. The molecule has 1 N–H and O–H groups in total. The van der Waals surface area contributed by atoms with Crippen LogP contribution in [-0.4, -0.2) is 18.0 Å². The average molecular weight is 347 g/mol. The minimum absolute atomic E-state index is 0.215. The Hall–Kier alpha value is -1.31. The molecular weight excluding hydrogens is 337 g/mol. The number of rotatable bonds is 1. The van der Waals surface area contributed by atoms with Crippen molar-refractivity contribution in [2.24, 2.45) is 0 Å². The van der Waals surface area contributed by atoms with Gasteiger partial charge in [-0.15, -0.1) is 0 Å². The zero-order valence-electron chi connectivity index (χ0n) is 9.24. The fraction of sp³-hybridized carbons (Fsp3) is 0.273. The number of amides is 1. The lowest BCUT2D eigenvalue weighted by Crippen LogP contribution is -2.34. The molecule has 0 aliphatic carbocycles. The molecule has 1 aliphatic heterocycles. The molecule has 0 bridgehead atoms. The Morgan fingerprint density at radius 2 is 2.24 bits per heavy atom. The SMILES string of the molecule is CC(=O)Oc1cc2c(cc1I)OC(C)C(=O)N2. The second-order valence-electron chi connectivity index (χ2n) is 3.62. The molecule has 1 aliphatic rings. The molecular formula is C11H10INO4. The zero-order chi connectivity index (χ0) is 12.6. The maximum absolute atomic E-state index is 11.4. The summed E-state index contributed by atoms with van der Waals surface area (Å²) in [4.78, 5) is 22.3. The van der Waals surface area contributed by atoms with Gasteiger partial charge in [0.1, 0.15) is 11.5 Å². The Bertz CT molecular complexity index is 500. The van der Waals surface area contributed by atoms with Crippen molar-refractivity contribution >= 4 is 40.2 Å². The number of carbonyl (C=O) groups excluding carboxylic acids is 2. The van der Waals surface area contributed by atoms with Gasteiger partial charge in [0.25, 0.3) is 5.91 Å². The number of esters is 1. The smallest absolute Gasteiger partial charge is 0.308 e. The van der Waals surface area contributed by atoms with E-state index in [0.29, 0.717) is 17.2 Å². The summed E-state index contributed by atoms with van der Waals surface area (Å²) in [6, 6.07) is 3.31. The highest BCUT2D eigenvalue weighted by Crippen LogP contribution is 2.36. The monoisotopic (exact) mass is 347 g/mol. The van der Waals surface area contributed by atoms with Crippen LogP contribution in [0.3, 0.4) is 0 Å². The van der Waals surface area contributed by atoms with E-state index in [0.717, 1.165) is 3.57 Å². The van der Waals surface area contributed by atoms with Gasteiger partial charge < -0.3 is 14.8 Å². The van der Waals surface area contributed by atoms with Gasteiger partial charge in [-0.2, -0.15) is 0 Å². The molecule has 90 valence electrons. The second kappa shape index (κ2) is 4.52. The van der Waals surface area contributed by atoms with Crippen molar-refractivity contribution in [2.75, 3.05) is 5.32 Å². The predicted molar refractivity (Wildman–Crippen MR) is 69.2 cm³/mol. The standard InChI is InChI=1S/C11H10INO4/c1-5-11(15)13-8-4-9(17-6(2)14)7(12)3-10(8)16-5/h3-5H,1-2H3,(H,13,15). The van der Waals surface area contributed by atoms with E-state index < -0.39 is 12.1 Å². The van der Waals surface area contributed by atoms with Gasteiger partial charge in [-0.3, -0.25) is 9.59 Å². The number of halogens is 1. The third-order valence-electron chi connectivity index (χ3n) is 2.22. The normalized spacial score (nSPS) is 17.8. The van der Waals surface area contributed by atoms with Crippen LogP contribution >= 0.6 is 22.6 Å². The van der Waals surface area contributed by atoms with E-state index in [9.17, 15) is 9.59 Å². The first-order valence-corrected chi connectivity index (χ1v) is 6.04. The van der Waals surface area contributed by atoms with E-state index in [1.54, 1.807) is 19.1 Å². The summed E-state index contributed by atoms with van der Waals surface area (Å²) in [5.74, 6) is 0.375. The van der Waals surface area contributed by atoms with Gasteiger partial charge >= 0.3 is 5.97 Å². The van der Waals surface area contributed by atoms with Crippen LogP contribution in [0.5, 0.6) is 11.5 Å². The first-order chi connectivity index (χ1) is 7.97. The van der Waals surface area contributed by atoms with E-state index in [-0.39, 0.29) is 5.91 Å². The number of nitrogens with one attached hydrogen (secondary N) is 1. The molecule has 0 saturated heterocycles. The fourth-order valence-electron chi connectivity index (χ4n) is 1.44. The van der Waals surface area contributed by atoms with Gasteiger partial charge in [-0.25, -0.2) is 0 Å². The van der Waals surface area contributed by atoms with E-state index in [2.05, 4.69) is 5.32 Å². The van der Waals surface area contributed by atoms with E-state index >= 15 is 0 Å². The topological polar surface area (TPSA) is 64.6 Å². The quantitative estimate of drug-likeness (QED) is 0.479. The summed E-state index contributed by atoms with van der Waals surface area (Å²) >= 11 is 2.04. The molecule has 0 radical (unpaired) electrons. The summed E-state index contributed by atoms with van der Waals surface area (Å²) in [6.07, 6.45) is -0.516. The van der Waals surface area contributed by atoms with Crippen LogP contribution in [0.15, 0.2) is 12.1 Å². The molecule has 1 unspecified atom stereocenters. The van der Waals surface area contributed by atoms with Crippen LogP contribution in [0.4, 0.5) is 5.69 Å². The maximum atomic E-state index is 11.4. The molecule has 2 rings (SSSR count). The molecule has 1 aromatic rings. The number of ether oxygens (including phenoxy) is 2. The number of anilines is 1. The molecule has 0 aromatic heterocycles. The molecule has 5 nitrogen and oxygen atoms in total. The maximum Gasteiger partial charge on any atom is 0.308 e. The van der Waals surface area contributed by atoms with Gasteiger partial charge in [0.15, 0.2) is 6.10 Å². The molecule has 1 amide bonds. The van der Waals surface area contributed by atoms with Crippen LogP contribution in [-0.2, 0) is 9.59 Å². The van der Waals surface area contributed by atoms with Crippen molar-refractivity contribution in [1.29, 1.82) is 0 Å². The number of benzene rings is 1. The molecule has 1 atom stereocenters. The Kier molecular flexibility index (Phi) is 3.23. The lowest BCUT2D eigenvalue weighted by Gasteiger charge is -2.24. The number of fused-ring (bicyclic) bond motifs is 1. The molecule has 0 spiro atoms. The van der Waals surface area contributed by atoms with Crippen molar-refractivity contribution in [3.05, 3.63) is 15.7 Å². The third kappa shape index (κ3) is 2.51. The van der Waals surface area contributed by atoms with E-state index in [4.69, 9.17) is 9.47 Å². The lowest BCUT2D eigenvalue weighted by atomic mass is 10.2. The van der Waals surface area contributed by atoms with Crippen LogP contribution in [0, 0.1) is 3.57 Å². The minimum atomic E-state index is -0.516. The highest BCUT2D eigenvalue weighted by Gasteiger charge is 2.25. The summed E-state index contributed by atoms with van der Waals surface area (Å²) < 4.78 is 11.2. The van der Waals surface area contributed by atoms with Crippen LogP contribution in [0.1, 0.15) is 13.8 Å². The first-order valence-electron chi connectivity index (χ1n) is 4.97. The lowest BCUT2D eigenvalue weighted by molar-refractivity contribution is -0.131. The van der Waals surface area contributed by atoms with Gasteiger partial charge in [-0.05, 0) is 35.6 Å². The Morgan fingerprint density at radius 1 is 1.53 bits per heavy atom. The molecule has 1 heterocycles. The minimum Gasteiger partial charge on any atom is -0.479 e. The molecule has 0 fully saturated rings. The Morgan fingerprint density at radius 3 is 2.88 bits per heavy atom. The first kappa shape index (κ1) is 12.2. The summed E-state index contributed by atoms with van der Waals surface area (Å²) in [6.45, 7) is 3.00. The fourth-order valence-corrected chi connectivity index (χ4v) is 1.99. The predicted octanol–water partition coefficient (Wildman–Crippen LogP) is 1.94. The second-order valence-corrected chi connectivity index (χ2v) is 4.78. The van der Waals surface area contributed by atoms with Gasteiger partial charge in [0, 0.05) is 13.0 Å². The van der Waals surface area contributed by atoms with E-state index in [1.165, 1.54) is 6.92 Å². The number of hydrogen-bond donors (Lipinski definition) is 1. The van der Waals surface area contributed by atoms with Crippen molar-refractivity contribution in [3.63, 3.8) is 0 Å². The summed E-state index contributed by atoms with van der Waals surface area (Å²) in [7, 11) is 0. The highest BCUT2D eigenvalue weighted by atomic mass is 127. The largest absolute Gasteiger partial charge is 0.479 e. The average Bonchev–Trinajstić information content (AvgIpc) is 2.22. The summed E-state index contributed by atoms with van der Waals surface area (Å²) in [5.41, 5.74) is 0.518. The molecule has 0 saturated carbocycles. The van der Waals surface area contributed by atoms with Crippen LogP contribution < -0.4 is 14.8 Å². The van der Waals surface area contributed by atoms with Crippen LogP contribution in [0.2, 0.25) is 0 Å². The van der Waals surface area contributed by atoms with Gasteiger partial charge in [-0.1, -0.05) is 0 Å². The zero-order valence-corrected chi connectivity index (χ0v) is 11.4. The van der Waals surface area contributed by atoms with Gasteiger partial charge in [0.2, 0.25) is 0 Å². The van der Waals surface area contributed by atoms with Gasteiger partial charge in [0.05, 0.1) is 9.26 Å². The molecule has 1 aromatic carbocycles. The third-order valence-corrected chi connectivity index (χ3v) is 3.06. The number of hydrogen-bond acceptors (Lipinski definition) is 4.